The molecule has 0 bridgehead atoms. The Bertz CT molecular complexity index is 508. The number of ether oxygens (including phenoxy) is 1. The van der Waals surface area contributed by atoms with Crippen LogP contribution in [0.4, 0.5) is 5.69 Å². The number of benzene rings is 1. The van der Waals surface area contributed by atoms with Crippen LogP contribution in [0.3, 0.4) is 0 Å². The zero-order chi connectivity index (χ0) is 12.5. The van der Waals surface area contributed by atoms with Crippen molar-refractivity contribution in [1.29, 1.82) is 0 Å². The SMILES string of the molecule is CS(=O)(=O)Nc1cc(O)ccc1OCC1CC1. The highest BCUT2D eigenvalue weighted by Gasteiger charge is 2.22. The molecule has 94 valence electrons. The van der Waals surface area contributed by atoms with Gasteiger partial charge in [0.1, 0.15) is 11.5 Å². The first-order valence-corrected chi connectivity index (χ1v) is 7.27. The molecule has 0 saturated heterocycles. The lowest BCUT2D eigenvalue weighted by Crippen LogP contribution is -2.11. The summed E-state index contributed by atoms with van der Waals surface area (Å²) in [5.41, 5.74) is 0.271. The number of phenols is 1. The van der Waals surface area contributed by atoms with Crippen molar-refractivity contribution in [1.82, 2.24) is 0 Å². The van der Waals surface area contributed by atoms with Crippen LogP contribution in [0.5, 0.6) is 11.5 Å². The lowest BCUT2D eigenvalue weighted by molar-refractivity contribution is 0.301. The Labute approximate surface area is 100 Å². The lowest BCUT2D eigenvalue weighted by Gasteiger charge is -2.12. The normalized spacial score (nSPS) is 15.6. The fourth-order valence-corrected chi connectivity index (χ4v) is 1.97. The number of anilines is 1. The van der Waals surface area contributed by atoms with Crippen LogP contribution >= 0.6 is 0 Å². The summed E-state index contributed by atoms with van der Waals surface area (Å²) in [5, 5.41) is 9.33. The highest BCUT2D eigenvalue weighted by Crippen LogP contribution is 2.33. The van der Waals surface area contributed by atoms with Crippen molar-refractivity contribution in [2.75, 3.05) is 17.6 Å². The van der Waals surface area contributed by atoms with Crippen molar-refractivity contribution in [2.45, 2.75) is 12.8 Å². The molecule has 6 heteroatoms. The van der Waals surface area contributed by atoms with Gasteiger partial charge in [0.05, 0.1) is 18.6 Å². The zero-order valence-electron chi connectivity index (χ0n) is 9.51. The average Bonchev–Trinajstić information content (AvgIpc) is 2.97. The van der Waals surface area contributed by atoms with Crippen LogP contribution in [0.25, 0.3) is 0 Å². The summed E-state index contributed by atoms with van der Waals surface area (Å²) in [7, 11) is -3.38. The molecule has 2 N–H and O–H groups in total. The van der Waals surface area contributed by atoms with E-state index < -0.39 is 10.0 Å². The van der Waals surface area contributed by atoms with Gasteiger partial charge in [-0.2, -0.15) is 0 Å². The van der Waals surface area contributed by atoms with Crippen molar-refractivity contribution in [3.05, 3.63) is 18.2 Å². The van der Waals surface area contributed by atoms with Gasteiger partial charge in [-0.15, -0.1) is 0 Å². The molecule has 1 saturated carbocycles. The van der Waals surface area contributed by atoms with Gasteiger partial charge in [-0.25, -0.2) is 8.42 Å². The summed E-state index contributed by atoms with van der Waals surface area (Å²) in [6.07, 6.45) is 3.38. The van der Waals surface area contributed by atoms with Crippen molar-refractivity contribution in [3.8, 4) is 11.5 Å². The van der Waals surface area contributed by atoms with E-state index in [1.165, 1.54) is 12.1 Å². The van der Waals surface area contributed by atoms with E-state index in [2.05, 4.69) is 4.72 Å². The fourth-order valence-electron chi connectivity index (χ4n) is 1.42. The monoisotopic (exact) mass is 257 g/mol. The number of sulfonamides is 1. The molecule has 1 aromatic carbocycles. The number of aromatic hydroxyl groups is 1. The number of hydrogen-bond donors (Lipinski definition) is 2. The molecule has 0 aromatic heterocycles. The van der Waals surface area contributed by atoms with Crippen LogP contribution in [0.15, 0.2) is 18.2 Å². The fraction of sp³-hybridized carbons (Fsp3) is 0.455. The summed E-state index contributed by atoms with van der Waals surface area (Å²) in [4.78, 5) is 0. The Morgan fingerprint density at radius 3 is 2.76 bits per heavy atom. The van der Waals surface area contributed by atoms with Gasteiger partial charge in [-0.1, -0.05) is 0 Å². The standard InChI is InChI=1S/C11H15NO4S/c1-17(14,15)12-10-6-9(13)4-5-11(10)16-7-8-2-3-8/h4-6,8,12-13H,2-3,7H2,1H3. The summed E-state index contributed by atoms with van der Waals surface area (Å²) in [6, 6.07) is 4.37. The third kappa shape index (κ3) is 3.81. The molecule has 17 heavy (non-hydrogen) atoms. The largest absolute Gasteiger partial charge is 0.508 e. The Hall–Kier alpha value is -1.43. The summed E-state index contributed by atoms with van der Waals surface area (Å²) in [5.74, 6) is 1.02. The van der Waals surface area contributed by atoms with Gasteiger partial charge in [0, 0.05) is 6.07 Å². The maximum atomic E-state index is 11.2. The predicted molar refractivity (Wildman–Crippen MR) is 64.8 cm³/mol. The lowest BCUT2D eigenvalue weighted by atomic mass is 10.3. The maximum absolute atomic E-state index is 11.2. The quantitative estimate of drug-likeness (QED) is 0.839. The molecule has 0 atom stereocenters. The van der Waals surface area contributed by atoms with Gasteiger partial charge in [-0.3, -0.25) is 4.72 Å². The van der Waals surface area contributed by atoms with Gasteiger partial charge in [0.2, 0.25) is 10.0 Å². The van der Waals surface area contributed by atoms with E-state index in [1.807, 2.05) is 0 Å². The number of hydrogen-bond acceptors (Lipinski definition) is 4. The van der Waals surface area contributed by atoms with Crippen LogP contribution < -0.4 is 9.46 Å². The van der Waals surface area contributed by atoms with E-state index in [1.54, 1.807) is 6.07 Å². The highest BCUT2D eigenvalue weighted by molar-refractivity contribution is 7.92. The molecule has 0 spiro atoms. The van der Waals surface area contributed by atoms with E-state index in [0.29, 0.717) is 18.3 Å². The van der Waals surface area contributed by atoms with Gasteiger partial charge in [0.25, 0.3) is 0 Å². The van der Waals surface area contributed by atoms with Gasteiger partial charge < -0.3 is 9.84 Å². The smallest absolute Gasteiger partial charge is 0.229 e. The molecular weight excluding hydrogens is 242 g/mol. The van der Waals surface area contributed by atoms with Crippen LogP contribution in [0, 0.1) is 5.92 Å². The third-order valence-electron chi connectivity index (χ3n) is 2.43. The second-order valence-electron chi connectivity index (χ2n) is 4.31. The molecule has 1 aliphatic carbocycles. The van der Waals surface area contributed by atoms with Crippen LogP contribution in [0.2, 0.25) is 0 Å². The van der Waals surface area contributed by atoms with E-state index in [4.69, 9.17) is 4.74 Å². The summed E-state index contributed by atoms with van der Waals surface area (Å²) in [6.45, 7) is 0.587. The topological polar surface area (TPSA) is 75.6 Å². The average molecular weight is 257 g/mol. The van der Waals surface area contributed by atoms with E-state index in [-0.39, 0.29) is 11.4 Å². The molecule has 0 heterocycles. The predicted octanol–water partition coefficient (Wildman–Crippen LogP) is 1.55. The Kier molecular flexibility index (Phi) is 3.15. The first-order chi connectivity index (χ1) is 7.94. The molecule has 2 rings (SSSR count). The number of phenolic OH excluding ortho intramolecular Hbond substituents is 1. The molecule has 1 aliphatic rings. The molecular formula is C11H15NO4S. The molecule has 0 unspecified atom stereocenters. The number of nitrogens with one attached hydrogen (secondary N) is 1. The van der Waals surface area contributed by atoms with Crippen molar-refractivity contribution in [3.63, 3.8) is 0 Å². The van der Waals surface area contributed by atoms with Crippen molar-refractivity contribution < 1.29 is 18.3 Å². The van der Waals surface area contributed by atoms with Gasteiger partial charge in [-0.05, 0) is 30.9 Å². The molecule has 0 amide bonds. The number of rotatable bonds is 5. The first kappa shape index (κ1) is 12.0. The van der Waals surface area contributed by atoms with Gasteiger partial charge >= 0.3 is 0 Å². The van der Waals surface area contributed by atoms with Crippen molar-refractivity contribution >= 4 is 15.7 Å². The minimum Gasteiger partial charge on any atom is -0.508 e. The first-order valence-electron chi connectivity index (χ1n) is 5.37. The summed E-state index contributed by atoms with van der Waals surface area (Å²) >= 11 is 0. The molecule has 0 aliphatic heterocycles. The second-order valence-corrected chi connectivity index (χ2v) is 6.06. The molecule has 1 aromatic rings. The van der Waals surface area contributed by atoms with E-state index >= 15 is 0 Å². The highest BCUT2D eigenvalue weighted by atomic mass is 32.2. The Morgan fingerprint density at radius 2 is 2.18 bits per heavy atom. The maximum Gasteiger partial charge on any atom is 0.229 e. The van der Waals surface area contributed by atoms with Crippen LogP contribution in [0.1, 0.15) is 12.8 Å². The Balaban J connectivity index is 2.16. The summed E-state index contributed by atoms with van der Waals surface area (Å²) < 4.78 is 30.2. The zero-order valence-corrected chi connectivity index (χ0v) is 10.3. The second kappa shape index (κ2) is 4.44. The third-order valence-corrected chi connectivity index (χ3v) is 3.02. The van der Waals surface area contributed by atoms with Gasteiger partial charge in [0.15, 0.2) is 0 Å². The van der Waals surface area contributed by atoms with Crippen molar-refractivity contribution in [2.24, 2.45) is 5.92 Å². The molecule has 1 fully saturated rings. The minimum absolute atomic E-state index is 0.00470. The van der Waals surface area contributed by atoms with Crippen LogP contribution in [-0.4, -0.2) is 26.4 Å². The molecule has 0 radical (unpaired) electrons. The van der Waals surface area contributed by atoms with E-state index in [0.717, 1.165) is 19.1 Å². The minimum atomic E-state index is -3.38. The molecule has 5 nitrogen and oxygen atoms in total. The Morgan fingerprint density at radius 1 is 1.47 bits per heavy atom. The van der Waals surface area contributed by atoms with Crippen LogP contribution in [-0.2, 0) is 10.0 Å². The van der Waals surface area contributed by atoms with E-state index in [9.17, 15) is 13.5 Å².